The Morgan fingerprint density at radius 2 is 0.730 bits per heavy atom. The van der Waals surface area contributed by atoms with Crippen LogP contribution in [0.2, 0.25) is 0 Å². The van der Waals surface area contributed by atoms with Gasteiger partial charge in [-0.1, -0.05) is 152 Å². The Morgan fingerprint density at radius 1 is 0.302 bits per heavy atom. The summed E-state index contributed by atoms with van der Waals surface area (Å²) in [6.07, 6.45) is 5.46. The zero-order valence-electron chi connectivity index (χ0n) is 34.3. The molecule has 63 heavy (non-hydrogen) atoms. The van der Waals surface area contributed by atoms with E-state index in [0.29, 0.717) is 11.3 Å². The van der Waals surface area contributed by atoms with E-state index in [4.69, 9.17) is 0 Å². The third-order valence-electron chi connectivity index (χ3n) is 11.3. The van der Waals surface area contributed by atoms with E-state index in [2.05, 4.69) is 142 Å². The lowest BCUT2D eigenvalue weighted by Gasteiger charge is -2.16. The van der Waals surface area contributed by atoms with Crippen LogP contribution in [-0.4, -0.2) is 20.9 Å². The van der Waals surface area contributed by atoms with Crippen LogP contribution in [0, 0.1) is 0 Å². The lowest BCUT2D eigenvalue weighted by atomic mass is 9.88. The van der Waals surface area contributed by atoms with Gasteiger partial charge in [-0.3, -0.25) is 19.7 Å². The highest BCUT2D eigenvalue weighted by molar-refractivity contribution is 6.07. The number of pyridine rings is 3. The number of nitrogens with zero attached hydrogens (tertiary/aromatic N) is 3. The maximum absolute atomic E-state index is 14.5. The molecule has 0 fully saturated rings. The van der Waals surface area contributed by atoms with Gasteiger partial charge in [-0.15, -0.1) is 0 Å². The lowest BCUT2D eigenvalue weighted by Crippen LogP contribution is -2.12. The first-order valence-electron chi connectivity index (χ1n) is 20.9. The van der Waals surface area contributed by atoms with Crippen LogP contribution in [0.15, 0.2) is 237 Å². The largest absolute Gasteiger partial charge is 0.322 e. The normalized spacial score (nSPS) is 10.9. The summed E-state index contributed by atoms with van der Waals surface area (Å²) in [5.74, 6) is -0.204. The van der Waals surface area contributed by atoms with Gasteiger partial charge in [-0.2, -0.15) is 0 Å². The quantitative estimate of drug-likeness (QED) is 0.149. The summed E-state index contributed by atoms with van der Waals surface area (Å²) in [6, 6.07) is 74.1. The third kappa shape index (κ3) is 8.45. The van der Waals surface area contributed by atoms with E-state index in [9.17, 15) is 4.79 Å². The van der Waals surface area contributed by atoms with E-state index in [1.807, 2.05) is 116 Å². The number of hydrogen-bond acceptors (Lipinski definition) is 4. The molecular formula is C58H40N4O. The topological polar surface area (TPSA) is 67.8 Å². The number of aromatic nitrogens is 3. The summed E-state index contributed by atoms with van der Waals surface area (Å²) < 4.78 is 0. The van der Waals surface area contributed by atoms with Crippen molar-refractivity contribution >= 4 is 11.6 Å². The molecule has 0 unspecified atom stereocenters. The Morgan fingerprint density at radius 3 is 1.24 bits per heavy atom. The fourth-order valence-corrected chi connectivity index (χ4v) is 8.08. The molecule has 0 aliphatic carbocycles. The molecule has 0 aliphatic heterocycles. The summed E-state index contributed by atoms with van der Waals surface area (Å²) in [6.45, 7) is 0. The molecular weight excluding hydrogens is 769 g/mol. The number of hydrogen-bond donors (Lipinski definition) is 1. The maximum Gasteiger partial charge on any atom is 0.255 e. The van der Waals surface area contributed by atoms with Crippen molar-refractivity contribution in [2.45, 2.75) is 0 Å². The summed E-state index contributed by atoms with van der Waals surface area (Å²) >= 11 is 0. The second-order valence-corrected chi connectivity index (χ2v) is 15.3. The van der Waals surface area contributed by atoms with Crippen LogP contribution in [0.3, 0.4) is 0 Å². The molecule has 7 aromatic carbocycles. The van der Waals surface area contributed by atoms with Crippen molar-refractivity contribution in [3.8, 4) is 89.4 Å². The van der Waals surface area contributed by atoms with Crippen molar-refractivity contribution in [1.82, 2.24) is 15.0 Å². The van der Waals surface area contributed by atoms with Crippen LogP contribution in [-0.2, 0) is 0 Å². The molecule has 3 heterocycles. The van der Waals surface area contributed by atoms with Gasteiger partial charge >= 0.3 is 0 Å². The molecule has 10 rings (SSSR count). The highest BCUT2D eigenvalue weighted by Crippen LogP contribution is 2.39. The minimum absolute atomic E-state index is 0.204. The lowest BCUT2D eigenvalue weighted by molar-refractivity contribution is 0.102. The van der Waals surface area contributed by atoms with E-state index < -0.39 is 0 Å². The molecule has 1 amide bonds. The van der Waals surface area contributed by atoms with Crippen molar-refractivity contribution in [3.05, 3.63) is 243 Å². The maximum atomic E-state index is 14.5. The van der Waals surface area contributed by atoms with Gasteiger partial charge < -0.3 is 5.32 Å². The molecule has 0 atom stereocenters. The zero-order valence-corrected chi connectivity index (χ0v) is 34.3. The van der Waals surface area contributed by atoms with Gasteiger partial charge in [0.25, 0.3) is 5.91 Å². The molecule has 0 aliphatic rings. The van der Waals surface area contributed by atoms with E-state index in [0.717, 1.165) is 89.4 Å². The van der Waals surface area contributed by atoms with Gasteiger partial charge in [0.05, 0.1) is 17.1 Å². The molecule has 1 N–H and O–H groups in total. The van der Waals surface area contributed by atoms with Crippen molar-refractivity contribution in [2.75, 3.05) is 5.32 Å². The van der Waals surface area contributed by atoms with Crippen molar-refractivity contribution < 1.29 is 4.79 Å². The standard InChI is InChI=1S/C58H40N4O/c63-58(62-50-30-28-45(29-31-50)57-39-46(32-35-61-57)40-12-2-1-3-13-40)49-37-47(53-16-6-4-14-51(53)41-20-24-43(25-21-41)55-18-8-10-33-59-55)36-48(38-49)54-17-7-5-15-52(54)42-22-26-44(27-23-42)56-19-9-11-34-60-56/h1-39H,(H,62,63). The van der Waals surface area contributed by atoms with Crippen LogP contribution in [0.25, 0.3) is 89.4 Å². The van der Waals surface area contributed by atoms with E-state index in [1.165, 1.54) is 0 Å². The predicted molar refractivity (Wildman–Crippen MR) is 258 cm³/mol. The van der Waals surface area contributed by atoms with Gasteiger partial charge in [-0.25, -0.2) is 0 Å². The Labute approximate surface area is 367 Å². The van der Waals surface area contributed by atoms with E-state index in [1.54, 1.807) is 0 Å². The van der Waals surface area contributed by atoms with Gasteiger partial charge in [-0.05, 0) is 122 Å². The molecule has 298 valence electrons. The number of amides is 1. The second kappa shape index (κ2) is 17.6. The minimum Gasteiger partial charge on any atom is -0.322 e. The highest BCUT2D eigenvalue weighted by atomic mass is 16.1. The van der Waals surface area contributed by atoms with Crippen LogP contribution >= 0.6 is 0 Å². The third-order valence-corrected chi connectivity index (χ3v) is 11.3. The Balaban J connectivity index is 1.02. The Kier molecular flexibility index (Phi) is 10.8. The van der Waals surface area contributed by atoms with Gasteiger partial charge in [0.15, 0.2) is 0 Å². The second-order valence-electron chi connectivity index (χ2n) is 15.3. The van der Waals surface area contributed by atoms with Gasteiger partial charge in [0.2, 0.25) is 0 Å². The predicted octanol–water partition coefficient (Wildman–Crippen LogP) is 14.5. The van der Waals surface area contributed by atoms with E-state index in [-0.39, 0.29) is 5.91 Å². The molecule has 0 radical (unpaired) electrons. The first kappa shape index (κ1) is 38.6. The molecule has 5 heteroatoms. The SMILES string of the molecule is O=C(Nc1ccc(-c2cc(-c3ccccc3)ccn2)cc1)c1cc(-c2ccccc2-c2ccc(-c3ccccn3)cc2)cc(-c2ccccc2-c2ccc(-c3ccccn3)cc2)c1. The summed E-state index contributed by atoms with van der Waals surface area (Å²) in [5, 5.41) is 3.20. The summed E-state index contributed by atoms with van der Waals surface area (Å²) in [4.78, 5) is 28.2. The monoisotopic (exact) mass is 808 g/mol. The van der Waals surface area contributed by atoms with Crippen LogP contribution in [0.5, 0.6) is 0 Å². The van der Waals surface area contributed by atoms with Crippen molar-refractivity contribution in [2.24, 2.45) is 0 Å². The first-order valence-corrected chi connectivity index (χ1v) is 20.9. The Bertz CT molecular complexity index is 3020. The molecule has 0 saturated carbocycles. The minimum atomic E-state index is -0.204. The summed E-state index contributed by atoms with van der Waals surface area (Å²) in [7, 11) is 0. The first-order chi connectivity index (χ1) is 31.1. The molecule has 0 spiro atoms. The number of rotatable bonds is 10. The highest BCUT2D eigenvalue weighted by Gasteiger charge is 2.17. The number of nitrogens with one attached hydrogen (secondary N) is 1. The fraction of sp³-hybridized carbons (Fsp3) is 0. The van der Waals surface area contributed by atoms with Crippen LogP contribution in [0.1, 0.15) is 10.4 Å². The van der Waals surface area contributed by atoms with E-state index >= 15 is 0 Å². The molecule has 10 aromatic rings. The number of benzene rings is 7. The smallest absolute Gasteiger partial charge is 0.255 e. The molecule has 0 bridgehead atoms. The van der Waals surface area contributed by atoms with Crippen LogP contribution < -0.4 is 5.32 Å². The number of carbonyl (C=O) groups excluding carboxylic acids is 1. The zero-order chi connectivity index (χ0) is 42.4. The number of carbonyl (C=O) groups is 1. The van der Waals surface area contributed by atoms with Gasteiger partial charge in [0.1, 0.15) is 0 Å². The summed E-state index contributed by atoms with van der Waals surface area (Å²) in [5.41, 5.74) is 17.4. The number of anilines is 1. The fourth-order valence-electron chi connectivity index (χ4n) is 8.08. The Hall–Kier alpha value is -8.54. The van der Waals surface area contributed by atoms with Crippen molar-refractivity contribution in [1.29, 1.82) is 0 Å². The molecule has 0 saturated heterocycles. The average Bonchev–Trinajstić information content (AvgIpc) is 3.37. The van der Waals surface area contributed by atoms with Crippen LogP contribution in [0.4, 0.5) is 5.69 Å². The van der Waals surface area contributed by atoms with Crippen molar-refractivity contribution in [3.63, 3.8) is 0 Å². The average molecular weight is 809 g/mol. The molecule has 5 nitrogen and oxygen atoms in total. The van der Waals surface area contributed by atoms with Gasteiger partial charge in [0, 0.05) is 46.5 Å². The molecule has 3 aromatic heterocycles.